The van der Waals surface area contributed by atoms with Crippen LogP contribution in [0.2, 0.25) is 5.02 Å². The van der Waals surface area contributed by atoms with E-state index in [2.05, 4.69) is 14.8 Å². The van der Waals surface area contributed by atoms with Gasteiger partial charge in [0.1, 0.15) is 12.2 Å². The van der Waals surface area contributed by atoms with Crippen LogP contribution >= 0.6 is 11.6 Å². The summed E-state index contributed by atoms with van der Waals surface area (Å²) in [5.41, 5.74) is 1.42. The maximum absolute atomic E-state index is 14.0. The Morgan fingerprint density at radius 1 is 1.29 bits per heavy atom. The number of nitrogens with zero attached hydrogens (tertiary/aromatic N) is 4. The molecule has 34 heavy (non-hydrogen) atoms. The minimum atomic E-state index is -4.10. The highest BCUT2D eigenvalue weighted by Crippen LogP contribution is 2.37. The number of sulfonamides is 1. The van der Waals surface area contributed by atoms with E-state index in [-0.39, 0.29) is 22.6 Å². The summed E-state index contributed by atoms with van der Waals surface area (Å²) in [6.45, 7) is 0. The number of hydrogen-bond donors (Lipinski definition) is 1. The minimum Gasteiger partial charge on any atom is -0.368 e. The molecule has 8 nitrogen and oxygen atoms in total. The zero-order valence-corrected chi connectivity index (χ0v) is 20.1. The third-order valence-corrected chi connectivity index (χ3v) is 6.65. The Morgan fingerprint density at radius 3 is 2.76 bits per heavy atom. The summed E-state index contributed by atoms with van der Waals surface area (Å²) in [7, 11) is -0.781. The Hall–Kier alpha value is -3.24. The molecule has 178 valence electrons. The van der Waals surface area contributed by atoms with E-state index in [9.17, 15) is 17.6 Å². The molecule has 1 aromatic heterocycles. The average Bonchev–Trinajstić information content (AvgIpc) is 3.52. The Labute approximate surface area is 202 Å². The van der Waals surface area contributed by atoms with Crippen molar-refractivity contribution >= 4 is 39.6 Å². The third kappa shape index (κ3) is 5.63. The van der Waals surface area contributed by atoms with Crippen LogP contribution in [-0.4, -0.2) is 49.4 Å². The van der Waals surface area contributed by atoms with Gasteiger partial charge in [-0.05, 0) is 48.7 Å². The van der Waals surface area contributed by atoms with Crippen LogP contribution < -0.4 is 5.32 Å². The van der Waals surface area contributed by atoms with Crippen molar-refractivity contribution in [3.63, 3.8) is 0 Å². The second-order valence-electron chi connectivity index (χ2n) is 8.27. The van der Waals surface area contributed by atoms with Crippen LogP contribution in [0.3, 0.4) is 0 Å². The van der Waals surface area contributed by atoms with Crippen molar-refractivity contribution in [1.82, 2.24) is 14.7 Å². The molecule has 1 N–H and O–H groups in total. The Kier molecular flexibility index (Phi) is 6.72. The number of rotatable bonds is 8. The Balaban J connectivity index is 1.66. The fourth-order valence-corrected chi connectivity index (χ4v) is 4.70. The zero-order chi connectivity index (χ0) is 24.5. The molecule has 0 bridgehead atoms. The number of aromatic nitrogens is 2. The lowest BCUT2D eigenvalue weighted by atomic mass is 10.1. The number of carbonyl (C=O) groups is 1. The molecule has 1 saturated carbocycles. The van der Waals surface area contributed by atoms with Gasteiger partial charge in [0, 0.05) is 42.1 Å². The summed E-state index contributed by atoms with van der Waals surface area (Å²) < 4.78 is 45.7. The van der Waals surface area contributed by atoms with E-state index >= 15 is 0 Å². The van der Waals surface area contributed by atoms with Gasteiger partial charge in [0.15, 0.2) is 0 Å². The van der Waals surface area contributed by atoms with Crippen molar-refractivity contribution in [1.29, 1.82) is 0 Å². The molecule has 0 atom stereocenters. The minimum absolute atomic E-state index is 0.0762. The largest absolute Gasteiger partial charge is 0.368 e. The van der Waals surface area contributed by atoms with Gasteiger partial charge in [-0.1, -0.05) is 17.7 Å². The lowest BCUT2D eigenvalue weighted by Crippen LogP contribution is -2.16. The number of benzene rings is 2. The number of nitrogens with one attached hydrogen (secondary N) is 1. The SMILES string of the molecule is CN(C)/C=N/S(=O)(=O)c1cc(NC(=O)Cc2cc(Cl)ccc2F)ccc1-c1cnn(C2CC2)c1. The predicted molar refractivity (Wildman–Crippen MR) is 129 cm³/mol. The van der Waals surface area contributed by atoms with Crippen molar-refractivity contribution in [3.05, 3.63) is 65.2 Å². The van der Waals surface area contributed by atoms with Crippen LogP contribution in [0.1, 0.15) is 24.4 Å². The van der Waals surface area contributed by atoms with Gasteiger partial charge in [-0.2, -0.15) is 13.5 Å². The summed E-state index contributed by atoms with van der Waals surface area (Å²) in [6, 6.07) is 8.84. The molecule has 1 heterocycles. The van der Waals surface area contributed by atoms with Gasteiger partial charge in [-0.3, -0.25) is 9.48 Å². The standard InChI is InChI=1S/C23H23ClFN5O3S/c1-29(2)14-27-34(32,33)22-11-18(28-23(31)10-15-9-17(24)3-8-21(15)25)4-7-20(22)16-12-26-30(13-16)19-5-6-19/h3-4,7-9,11-14,19H,5-6,10H2,1-2H3,(H,28,31)/b27-14+. The second-order valence-corrected chi connectivity index (χ2v) is 10.3. The number of anilines is 1. The van der Waals surface area contributed by atoms with Crippen LogP contribution in [0, 0.1) is 5.82 Å². The molecule has 2 aromatic carbocycles. The summed E-state index contributed by atoms with van der Waals surface area (Å²) in [4.78, 5) is 14.0. The van der Waals surface area contributed by atoms with Crippen LogP contribution in [0.25, 0.3) is 11.1 Å². The summed E-state index contributed by atoms with van der Waals surface area (Å²) in [5.74, 6) is -1.07. The smallest absolute Gasteiger partial charge is 0.284 e. The molecule has 0 radical (unpaired) electrons. The fourth-order valence-electron chi connectivity index (χ4n) is 3.34. The van der Waals surface area contributed by atoms with Crippen molar-refractivity contribution < 1.29 is 17.6 Å². The average molecular weight is 504 g/mol. The second kappa shape index (κ2) is 9.55. The van der Waals surface area contributed by atoms with E-state index < -0.39 is 21.7 Å². The number of hydrogen-bond acceptors (Lipinski definition) is 4. The molecule has 0 saturated heterocycles. The molecule has 1 aliphatic carbocycles. The van der Waals surface area contributed by atoms with E-state index in [1.165, 1.54) is 35.5 Å². The van der Waals surface area contributed by atoms with Crippen molar-refractivity contribution in [3.8, 4) is 11.1 Å². The normalized spacial score (nSPS) is 13.9. The first-order chi connectivity index (χ1) is 16.1. The summed E-state index contributed by atoms with van der Waals surface area (Å²) >= 11 is 5.90. The highest BCUT2D eigenvalue weighted by atomic mass is 35.5. The summed E-state index contributed by atoms with van der Waals surface area (Å²) in [5, 5.41) is 7.29. The number of halogens is 2. The first-order valence-electron chi connectivity index (χ1n) is 10.5. The molecule has 3 aromatic rings. The Bertz CT molecular complexity index is 1370. The van der Waals surface area contributed by atoms with Gasteiger partial charge in [0.25, 0.3) is 10.0 Å². The van der Waals surface area contributed by atoms with Gasteiger partial charge >= 0.3 is 0 Å². The van der Waals surface area contributed by atoms with Crippen LogP contribution in [-0.2, 0) is 21.2 Å². The van der Waals surface area contributed by atoms with Crippen LogP contribution in [0.15, 0.2) is 58.1 Å². The first-order valence-corrected chi connectivity index (χ1v) is 12.3. The van der Waals surface area contributed by atoms with Gasteiger partial charge in [0.05, 0.1) is 23.6 Å². The lowest BCUT2D eigenvalue weighted by Gasteiger charge is -2.12. The van der Waals surface area contributed by atoms with E-state index in [0.29, 0.717) is 22.2 Å². The van der Waals surface area contributed by atoms with Crippen molar-refractivity contribution in [2.24, 2.45) is 4.40 Å². The maximum Gasteiger partial charge on any atom is 0.284 e. The van der Waals surface area contributed by atoms with E-state index in [1.54, 1.807) is 32.4 Å². The van der Waals surface area contributed by atoms with E-state index in [1.807, 2.05) is 10.9 Å². The molecule has 11 heteroatoms. The maximum atomic E-state index is 14.0. The molecule has 0 spiro atoms. The van der Waals surface area contributed by atoms with Crippen molar-refractivity contribution in [2.75, 3.05) is 19.4 Å². The highest BCUT2D eigenvalue weighted by molar-refractivity contribution is 7.90. The monoisotopic (exact) mass is 503 g/mol. The third-order valence-electron chi connectivity index (χ3n) is 5.15. The molecule has 0 unspecified atom stereocenters. The predicted octanol–water partition coefficient (Wildman–Crippen LogP) is 4.14. The topological polar surface area (TPSA) is 96.7 Å². The van der Waals surface area contributed by atoms with Gasteiger partial charge in [0.2, 0.25) is 5.91 Å². The number of amides is 1. The van der Waals surface area contributed by atoms with E-state index in [4.69, 9.17) is 11.6 Å². The number of carbonyl (C=O) groups excluding carboxylic acids is 1. The summed E-state index contributed by atoms with van der Waals surface area (Å²) in [6.07, 6.45) is 6.43. The molecule has 1 amide bonds. The molecular formula is C23H23ClFN5O3S. The fraction of sp³-hybridized carbons (Fsp3) is 0.261. The van der Waals surface area contributed by atoms with Crippen LogP contribution in [0.4, 0.5) is 10.1 Å². The Morgan fingerprint density at radius 2 is 2.06 bits per heavy atom. The zero-order valence-electron chi connectivity index (χ0n) is 18.6. The first kappa shape index (κ1) is 23.9. The molecule has 1 fully saturated rings. The van der Waals surface area contributed by atoms with Crippen molar-refractivity contribution in [2.45, 2.75) is 30.2 Å². The molecular weight excluding hydrogens is 481 g/mol. The van der Waals surface area contributed by atoms with Gasteiger partial charge in [-0.15, -0.1) is 4.40 Å². The lowest BCUT2D eigenvalue weighted by molar-refractivity contribution is -0.115. The molecule has 0 aliphatic heterocycles. The molecule has 1 aliphatic rings. The quantitative estimate of drug-likeness (QED) is 0.368. The molecule has 4 rings (SSSR count). The van der Waals surface area contributed by atoms with Gasteiger partial charge in [-0.25, -0.2) is 4.39 Å². The highest BCUT2D eigenvalue weighted by Gasteiger charge is 2.26. The van der Waals surface area contributed by atoms with Crippen LogP contribution in [0.5, 0.6) is 0 Å². The van der Waals surface area contributed by atoms with E-state index in [0.717, 1.165) is 12.8 Å². The van der Waals surface area contributed by atoms with Gasteiger partial charge < -0.3 is 10.2 Å².